The molecule has 3 N–H and O–H groups in total. The lowest BCUT2D eigenvalue weighted by Gasteiger charge is -2.16. The van der Waals surface area contributed by atoms with E-state index >= 15 is 0 Å². The summed E-state index contributed by atoms with van der Waals surface area (Å²) in [6, 6.07) is 1.92. The Morgan fingerprint density at radius 1 is 1.28 bits per heavy atom. The van der Waals surface area contributed by atoms with Gasteiger partial charge in [-0.25, -0.2) is 9.97 Å². The molecule has 0 bridgehead atoms. The van der Waals surface area contributed by atoms with Gasteiger partial charge in [0.05, 0.1) is 12.1 Å². The first-order valence-corrected chi connectivity index (χ1v) is 6.72. The second-order valence-corrected chi connectivity index (χ2v) is 4.90. The minimum Gasteiger partial charge on any atom is -0.394 e. The molecule has 1 saturated carbocycles. The summed E-state index contributed by atoms with van der Waals surface area (Å²) in [5, 5.41) is 15.9. The molecule has 5 heteroatoms. The van der Waals surface area contributed by atoms with E-state index in [0.717, 1.165) is 49.7 Å². The number of aryl methyl sites for hydroxylation is 1. The third-order valence-corrected chi connectivity index (χ3v) is 3.19. The van der Waals surface area contributed by atoms with E-state index < -0.39 is 0 Å². The van der Waals surface area contributed by atoms with Crippen LogP contribution in [0.1, 0.15) is 38.9 Å². The Bertz CT molecular complexity index is 404. The maximum absolute atomic E-state index is 9.33. The van der Waals surface area contributed by atoms with E-state index in [4.69, 9.17) is 0 Å². The van der Waals surface area contributed by atoms with E-state index in [1.165, 1.54) is 0 Å². The van der Waals surface area contributed by atoms with Crippen molar-refractivity contribution in [2.24, 2.45) is 0 Å². The zero-order valence-corrected chi connectivity index (χ0v) is 11.2. The summed E-state index contributed by atoms with van der Waals surface area (Å²) >= 11 is 0. The maximum atomic E-state index is 9.33. The van der Waals surface area contributed by atoms with Crippen molar-refractivity contribution in [2.45, 2.75) is 45.1 Å². The average molecular weight is 250 g/mol. The summed E-state index contributed by atoms with van der Waals surface area (Å²) in [4.78, 5) is 8.90. The number of hydrogen-bond donors (Lipinski definition) is 3. The van der Waals surface area contributed by atoms with Crippen molar-refractivity contribution in [3.05, 3.63) is 11.9 Å². The van der Waals surface area contributed by atoms with Crippen molar-refractivity contribution in [3.63, 3.8) is 0 Å². The van der Waals surface area contributed by atoms with Crippen LogP contribution in [-0.4, -0.2) is 33.8 Å². The molecule has 5 nitrogen and oxygen atoms in total. The molecule has 1 aliphatic carbocycles. The fourth-order valence-corrected chi connectivity index (χ4v) is 1.81. The van der Waals surface area contributed by atoms with Crippen LogP contribution in [0.25, 0.3) is 0 Å². The van der Waals surface area contributed by atoms with Crippen LogP contribution in [0, 0.1) is 0 Å². The molecule has 1 aromatic heterocycles. The number of nitrogens with one attached hydrogen (secondary N) is 2. The van der Waals surface area contributed by atoms with Gasteiger partial charge in [-0.1, -0.05) is 13.8 Å². The summed E-state index contributed by atoms with van der Waals surface area (Å²) in [6.07, 6.45) is 3.89. The van der Waals surface area contributed by atoms with E-state index in [1.54, 1.807) is 0 Å². The molecule has 1 fully saturated rings. The Morgan fingerprint density at radius 3 is 2.56 bits per heavy atom. The van der Waals surface area contributed by atoms with Gasteiger partial charge in [0.25, 0.3) is 0 Å². The fraction of sp³-hybridized carbons (Fsp3) is 0.692. The quantitative estimate of drug-likeness (QED) is 0.688. The van der Waals surface area contributed by atoms with Gasteiger partial charge >= 0.3 is 0 Å². The summed E-state index contributed by atoms with van der Waals surface area (Å²) in [5.74, 6) is 2.50. The normalized spacial score (nSPS) is 16.4. The Morgan fingerprint density at radius 2 is 2.00 bits per heavy atom. The molecule has 1 heterocycles. The maximum Gasteiger partial charge on any atom is 0.132 e. The molecule has 0 saturated heterocycles. The highest BCUT2D eigenvalue weighted by molar-refractivity contribution is 5.50. The van der Waals surface area contributed by atoms with Gasteiger partial charge in [-0.2, -0.15) is 0 Å². The molecule has 0 aliphatic heterocycles. The van der Waals surface area contributed by atoms with Gasteiger partial charge in [0.1, 0.15) is 17.5 Å². The molecule has 0 radical (unpaired) electrons. The van der Waals surface area contributed by atoms with Crippen molar-refractivity contribution in [3.8, 4) is 0 Å². The highest BCUT2D eigenvalue weighted by Crippen LogP contribution is 2.38. The smallest absolute Gasteiger partial charge is 0.132 e. The number of hydrogen-bond acceptors (Lipinski definition) is 5. The van der Waals surface area contributed by atoms with E-state index in [-0.39, 0.29) is 12.1 Å². The zero-order valence-electron chi connectivity index (χ0n) is 11.2. The second-order valence-electron chi connectivity index (χ2n) is 4.90. The van der Waals surface area contributed by atoms with Gasteiger partial charge in [-0.05, 0) is 19.3 Å². The highest BCUT2D eigenvalue weighted by atomic mass is 16.3. The Labute approximate surface area is 108 Å². The van der Waals surface area contributed by atoms with Crippen LogP contribution >= 0.6 is 0 Å². The monoisotopic (exact) mass is 250 g/mol. The Hall–Kier alpha value is -1.36. The molecule has 100 valence electrons. The van der Waals surface area contributed by atoms with Crippen LogP contribution in [0.5, 0.6) is 0 Å². The molecule has 1 aliphatic rings. The molecule has 1 aromatic rings. The van der Waals surface area contributed by atoms with Crippen molar-refractivity contribution >= 4 is 11.6 Å². The molecule has 0 amide bonds. The lowest BCUT2D eigenvalue weighted by atomic mass is 10.3. The van der Waals surface area contributed by atoms with Crippen LogP contribution in [0.2, 0.25) is 0 Å². The van der Waals surface area contributed by atoms with Crippen molar-refractivity contribution in [2.75, 3.05) is 23.8 Å². The van der Waals surface area contributed by atoms with Gasteiger partial charge in [-0.3, -0.25) is 0 Å². The molecule has 18 heavy (non-hydrogen) atoms. The van der Waals surface area contributed by atoms with Gasteiger partial charge < -0.3 is 15.7 Å². The standard InChI is InChI=1S/C13H22N4O/c1-3-7-14-11-8-12(16-10(4-2)15-11)17-13(9-18)5-6-13/h8,18H,3-7,9H2,1-2H3,(H2,14,15,16,17). The molecule has 0 unspecified atom stereocenters. The predicted octanol–water partition coefficient (Wildman–Crippen LogP) is 1.80. The minimum atomic E-state index is -0.138. The lowest BCUT2D eigenvalue weighted by molar-refractivity contribution is 0.266. The molecular weight excluding hydrogens is 228 g/mol. The molecule has 0 atom stereocenters. The van der Waals surface area contributed by atoms with Gasteiger partial charge in [0, 0.05) is 19.0 Å². The van der Waals surface area contributed by atoms with Crippen LogP contribution < -0.4 is 10.6 Å². The third kappa shape index (κ3) is 3.10. The number of aliphatic hydroxyl groups is 1. The van der Waals surface area contributed by atoms with Crippen LogP contribution in [-0.2, 0) is 6.42 Å². The first-order valence-electron chi connectivity index (χ1n) is 6.72. The first kappa shape index (κ1) is 13.1. The number of aromatic nitrogens is 2. The average Bonchev–Trinajstić information content (AvgIpc) is 3.16. The van der Waals surface area contributed by atoms with Gasteiger partial charge in [0.2, 0.25) is 0 Å². The van der Waals surface area contributed by atoms with E-state index in [0.29, 0.717) is 0 Å². The molecular formula is C13H22N4O. The fourth-order valence-electron chi connectivity index (χ4n) is 1.81. The number of nitrogens with zero attached hydrogens (tertiary/aromatic N) is 2. The topological polar surface area (TPSA) is 70.1 Å². The summed E-state index contributed by atoms with van der Waals surface area (Å²) in [7, 11) is 0. The zero-order chi connectivity index (χ0) is 13.0. The van der Waals surface area contributed by atoms with E-state index in [1.807, 2.05) is 13.0 Å². The van der Waals surface area contributed by atoms with Crippen LogP contribution in [0.3, 0.4) is 0 Å². The number of anilines is 2. The first-order chi connectivity index (χ1) is 8.71. The Balaban J connectivity index is 2.12. The summed E-state index contributed by atoms with van der Waals surface area (Å²) in [6.45, 7) is 5.24. The van der Waals surface area contributed by atoms with Crippen LogP contribution in [0.15, 0.2) is 6.07 Å². The molecule has 0 aromatic carbocycles. The SMILES string of the molecule is CCCNc1cc(NC2(CO)CC2)nc(CC)n1. The highest BCUT2D eigenvalue weighted by Gasteiger charge is 2.42. The van der Waals surface area contributed by atoms with E-state index in [2.05, 4.69) is 27.5 Å². The van der Waals surface area contributed by atoms with Crippen molar-refractivity contribution < 1.29 is 5.11 Å². The summed E-state index contributed by atoms with van der Waals surface area (Å²) < 4.78 is 0. The largest absolute Gasteiger partial charge is 0.394 e. The molecule has 0 spiro atoms. The summed E-state index contributed by atoms with van der Waals surface area (Å²) in [5.41, 5.74) is -0.138. The van der Waals surface area contributed by atoms with Gasteiger partial charge in [-0.15, -0.1) is 0 Å². The van der Waals surface area contributed by atoms with Crippen molar-refractivity contribution in [1.82, 2.24) is 9.97 Å². The number of aliphatic hydroxyl groups excluding tert-OH is 1. The minimum absolute atomic E-state index is 0.138. The second kappa shape index (κ2) is 5.52. The van der Waals surface area contributed by atoms with E-state index in [9.17, 15) is 5.11 Å². The lowest BCUT2D eigenvalue weighted by Crippen LogP contribution is -2.26. The Kier molecular flexibility index (Phi) is 4.01. The third-order valence-electron chi connectivity index (χ3n) is 3.19. The van der Waals surface area contributed by atoms with Gasteiger partial charge in [0.15, 0.2) is 0 Å². The van der Waals surface area contributed by atoms with Crippen LogP contribution in [0.4, 0.5) is 11.6 Å². The number of rotatable bonds is 7. The van der Waals surface area contributed by atoms with Crippen molar-refractivity contribution in [1.29, 1.82) is 0 Å². The predicted molar refractivity (Wildman–Crippen MR) is 72.9 cm³/mol. The molecule has 2 rings (SSSR count).